The van der Waals surface area contributed by atoms with E-state index >= 15 is 0 Å². The van der Waals surface area contributed by atoms with Crippen LogP contribution in [0.5, 0.6) is 0 Å². The van der Waals surface area contributed by atoms with E-state index in [-0.39, 0.29) is 17.5 Å². The number of fused-ring (bicyclic) bond motifs is 2. The molecule has 6 rings (SSSR count). The molecule has 1 fully saturated rings. The number of benzene rings is 1. The minimum atomic E-state index is -0.110. The molecule has 1 saturated carbocycles. The first-order chi connectivity index (χ1) is 14.8. The highest BCUT2D eigenvalue weighted by molar-refractivity contribution is 5.93. The molecule has 30 heavy (non-hydrogen) atoms. The molecule has 0 amide bonds. The molecule has 4 heterocycles. The second kappa shape index (κ2) is 6.56. The van der Waals surface area contributed by atoms with Gasteiger partial charge in [-0.15, -0.1) is 0 Å². The lowest BCUT2D eigenvalue weighted by Gasteiger charge is -2.09. The summed E-state index contributed by atoms with van der Waals surface area (Å²) in [6.07, 6.45) is 7.70. The zero-order valence-corrected chi connectivity index (χ0v) is 16.0. The van der Waals surface area contributed by atoms with Gasteiger partial charge < -0.3 is 0 Å². The number of pyridine rings is 3. The van der Waals surface area contributed by atoms with Crippen LogP contribution in [0, 0.1) is 0 Å². The summed E-state index contributed by atoms with van der Waals surface area (Å²) in [4.78, 5) is 26.7. The Kier molecular flexibility index (Phi) is 3.71. The predicted octanol–water partition coefficient (Wildman–Crippen LogP) is 4.13. The number of hydrogen-bond donors (Lipinski definition) is 0. The standard InChI is InChI=1S/C24H17N5O/c30-24-23-17(15-7-10-25-11-8-15)9-12-26-21(23)14-27-29(24)22-13-18(22)20-6-5-16-3-1-2-4-19(16)28-20/h1-12,14,18,22H,13H2. The smallest absolute Gasteiger partial charge is 0.267 e. The van der Waals surface area contributed by atoms with Crippen molar-refractivity contribution >= 4 is 21.8 Å². The van der Waals surface area contributed by atoms with E-state index in [1.807, 2.05) is 36.4 Å². The van der Waals surface area contributed by atoms with E-state index in [2.05, 4.69) is 33.3 Å². The second-order valence-corrected chi connectivity index (χ2v) is 7.59. The van der Waals surface area contributed by atoms with Gasteiger partial charge in [-0.3, -0.25) is 19.7 Å². The van der Waals surface area contributed by atoms with Crippen LogP contribution in [0.25, 0.3) is 32.9 Å². The molecule has 2 unspecified atom stereocenters. The van der Waals surface area contributed by atoms with Crippen molar-refractivity contribution in [3.05, 3.63) is 95.4 Å². The van der Waals surface area contributed by atoms with Gasteiger partial charge in [-0.2, -0.15) is 5.10 Å². The number of para-hydroxylation sites is 1. The van der Waals surface area contributed by atoms with Crippen molar-refractivity contribution in [2.45, 2.75) is 18.4 Å². The van der Waals surface area contributed by atoms with Crippen molar-refractivity contribution in [2.75, 3.05) is 0 Å². The molecule has 1 aliphatic carbocycles. The summed E-state index contributed by atoms with van der Waals surface area (Å²) in [5.74, 6) is 0.193. The highest BCUT2D eigenvalue weighted by Gasteiger charge is 2.43. The summed E-state index contributed by atoms with van der Waals surface area (Å²) in [6.45, 7) is 0. The molecule has 1 aliphatic rings. The Morgan fingerprint density at radius 3 is 2.67 bits per heavy atom. The van der Waals surface area contributed by atoms with E-state index in [1.165, 1.54) is 0 Å². The molecule has 0 saturated heterocycles. The highest BCUT2D eigenvalue weighted by atomic mass is 16.1. The number of aromatic nitrogens is 5. The van der Waals surface area contributed by atoms with Crippen LogP contribution < -0.4 is 5.56 Å². The van der Waals surface area contributed by atoms with Gasteiger partial charge in [-0.1, -0.05) is 24.3 Å². The van der Waals surface area contributed by atoms with Crippen LogP contribution in [0.2, 0.25) is 0 Å². The molecule has 0 N–H and O–H groups in total. The Bertz CT molecular complexity index is 1460. The van der Waals surface area contributed by atoms with E-state index in [1.54, 1.807) is 29.5 Å². The summed E-state index contributed by atoms with van der Waals surface area (Å²) >= 11 is 0. The largest absolute Gasteiger partial charge is 0.277 e. The lowest BCUT2D eigenvalue weighted by molar-refractivity contribution is 0.589. The zero-order chi connectivity index (χ0) is 20.1. The Morgan fingerprint density at radius 2 is 1.77 bits per heavy atom. The maximum absolute atomic E-state index is 13.4. The Labute approximate surface area is 171 Å². The molecule has 5 aromatic rings. The van der Waals surface area contributed by atoms with Gasteiger partial charge in [0, 0.05) is 35.6 Å². The normalized spacial score (nSPS) is 18.0. The lowest BCUT2D eigenvalue weighted by Crippen LogP contribution is -2.23. The van der Waals surface area contributed by atoms with Gasteiger partial charge >= 0.3 is 0 Å². The molecule has 6 nitrogen and oxygen atoms in total. The van der Waals surface area contributed by atoms with E-state index in [9.17, 15) is 4.79 Å². The molecular weight excluding hydrogens is 374 g/mol. The van der Waals surface area contributed by atoms with Crippen molar-refractivity contribution in [3.8, 4) is 11.1 Å². The van der Waals surface area contributed by atoms with Crippen LogP contribution in [-0.2, 0) is 0 Å². The number of rotatable bonds is 3. The average Bonchev–Trinajstić information content (AvgIpc) is 3.60. The first-order valence-electron chi connectivity index (χ1n) is 9.92. The Hall–Kier alpha value is -3.93. The van der Waals surface area contributed by atoms with Gasteiger partial charge in [0.1, 0.15) is 0 Å². The molecule has 0 aliphatic heterocycles. The fourth-order valence-electron chi connectivity index (χ4n) is 4.15. The maximum atomic E-state index is 13.4. The summed E-state index contributed by atoms with van der Waals surface area (Å²) in [6, 6.07) is 17.9. The molecule has 0 spiro atoms. The molecular formula is C24H17N5O. The van der Waals surface area contributed by atoms with Gasteiger partial charge in [0.2, 0.25) is 0 Å². The van der Waals surface area contributed by atoms with Crippen LogP contribution >= 0.6 is 0 Å². The minimum absolute atomic E-state index is 0.0149. The van der Waals surface area contributed by atoms with E-state index < -0.39 is 0 Å². The third-order valence-electron chi connectivity index (χ3n) is 5.77. The van der Waals surface area contributed by atoms with Gasteiger partial charge in [0.15, 0.2) is 0 Å². The first-order valence-corrected chi connectivity index (χ1v) is 9.92. The fourth-order valence-corrected chi connectivity index (χ4v) is 4.15. The van der Waals surface area contributed by atoms with Crippen LogP contribution in [0.1, 0.15) is 24.1 Å². The molecule has 1 aromatic carbocycles. The van der Waals surface area contributed by atoms with E-state index in [0.29, 0.717) is 10.9 Å². The monoisotopic (exact) mass is 391 g/mol. The van der Waals surface area contributed by atoms with Gasteiger partial charge in [0.25, 0.3) is 5.56 Å². The molecule has 0 radical (unpaired) electrons. The summed E-state index contributed by atoms with van der Waals surface area (Å²) in [5, 5.41) is 6.15. The van der Waals surface area contributed by atoms with Crippen LogP contribution in [-0.4, -0.2) is 24.7 Å². The lowest BCUT2D eigenvalue weighted by atomic mass is 10.0. The summed E-state index contributed by atoms with van der Waals surface area (Å²) in [7, 11) is 0. The first kappa shape index (κ1) is 17.0. The Balaban J connectivity index is 1.43. The van der Waals surface area contributed by atoms with Crippen molar-refractivity contribution in [1.29, 1.82) is 0 Å². The Morgan fingerprint density at radius 1 is 0.900 bits per heavy atom. The van der Waals surface area contributed by atoms with Gasteiger partial charge in [-0.05, 0) is 47.9 Å². The van der Waals surface area contributed by atoms with E-state index in [4.69, 9.17) is 4.98 Å². The fraction of sp³-hybridized carbons (Fsp3) is 0.125. The second-order valence-electron chi connectivity index (χ2n) is 7.59. The SMILES string of the molecule is O=c1c2c(-c3ccncc3)ccnc2cnn1C1CC1c1ccc2ccccc2n1. The minimum Gasteiger partial charge on any atom is -0.267 e. The van der Waals surface area contributed by atoms with Crippen LogP contribution in [0.3, 0.4) is 0 Å². The van der Waals surface area contributed by atoms with Crippen LogP contribution in [0.15, 0.2) is 84.2 Å². The van der Waals surface area contributed by atoms with Gasteiger partial charge in [0.05, 0.1) is 28.7 Å². The number of hydrogen-bond acceptors (Lipinski definition) is 5. The van der Waals surface area contributed by atoms with Crippen molar-refractivity contribution in [2.24, 2.45) is 0 Å². The molecule has 2 atom stereocenters. The van der Waals surface area contributed by atoms with Crippen molar-refractivity contribution in [3.63, 3.8) is 0 Å². The molecule has 0 bridgehead atoms. The average molecular weight is 391 g/mol. The third kappa shape index (κ3) is 2.69. The third-order valence-corrected chi connectivity index (χ3v) is 5.77. The molecule has 6 heteroatoms. The van der Waals surface area contributed by atoms with Gasteiger partial charge in [-0.25, -0.2) is 4.68 Å². The molecule has 144 valence electrons. The quantitative estimate of drug-likeness (QED) is 0.462. The summed E-state index contributed by atoms with van der Waals surface area (Å²) < 4.78 is 1.61. The van der Waals surface area contributed by atoms with Crippen LogP contribution in [0.4, 0.5) is 0 Å². The van der Waals surface area contributed by atoms with E-state index in [0.717, 1.165) is 34.1 Å². The maximum Gasteiger partial charge on any atom is 0.277 e. The topological polar surface area (TPSA) is 73.6 Å². The highest BCUT2D eigenvalue weighted by Crippen LogP contribution is 2.50. The number of nitrogens with zero attached hydrogens (tertiary/aromatic N) is 5. The predicted molar refractivity (Wildman–Crippen MR) is 115 cm³/mol. The van der Waals surface area contributed by atoms with Crippen molar-refractivity contribution in [1.82, 2.24) is 24.7 Å². The van der Waals surface area contributed by atoms with Crippen molar-refractivity contribution < 1.29 is 0 Å². The summed E-state index contributed by atoms with van der Waals surface area (Å²) in [5.41, 5.74) is 4.27. The zero-order valence-electron chi connectivity index (χ0n) is 16.0. The molecule has 4 aromatic heterocycles.